The van der Waals surface area contributed by atoms with E-state index in [4.69, 9.17) is 11.6 Å². The molecule has 6 N–H and O–H groups in total. The quantitative estimate of drug-likeness (QED) is 0.116. The van der Waals surface area contributed by atoms with Gasteiger partial charge in [0.15, 0.2) is 11.6 Å². The minimum absolute atomic E-state index is 0.0567. The van der Waals surface area contributed by atoms with E-state index in [1.54, 1.807) is 6.08 Å². The van der Waals surface area contributed by atoms with Crippen LogP contribution >= 0.6 is 11.6 Å². The maximum atomic E-state index is 12.6. The summed E-state index contributed by atoms with van der Waals surface area (Å²) < 4.78 is 0. The monoisotopic (exact) mass is 820 g/mol. The number of aliphatic hydroxyl groups excluding tert-OH is 5. The van der Waals surface area contributed by atoms with Crippen LogP contribution in [-0.4, -0.2) is 83.7 Å². The molecule has 320 valence electrons. The van der Waals surface area contributed by atoms with Crippen LogP contribution in [0.3, 0.4) is 0 Å². The van der Waals surface area contributed by atoms with Crippen molar-refractivity contribution in [3.8, 4) is 0 Å². The highest BCUT2D eigenvalue weighted by Crippen LogP contribution is 2.71. The van der Waals surface area contributed by atoms with Gasteiger partial charge in [0.2, 0.25) is 0 Å². The molecule has 58 heavy (non-hydrogen) atoms. The van der Waals surface area contributed by atoms with Gasteiger partial charge < -0.3 is 30.6 Å². The summed E-state index contributed by atoms with van der Waals surface area (Å²) in [7, 11) is 0. The Kier molecular flexibility index (Phi) is 12.1. The van der Waals surface area contributed by atoms with E-state index in [1.165, 1.54) is 50.2 Å². The maximum absolute atomic E-state index is 12.6. The Balaban J connectivity index is 0.000000177. The van der Waals surface area contributed by atoms with Gasteiger partial charge in [0, 0.05) is 17.3 Å². The summed E-state index contributed by atoms with van der Waals surface area (Å²) in [5, 5.41) is 62.7. The summed E-state index contributed by atoms with van der Waals surface area (Å²) in [4.78, 5) is 23.5. The van der Waals surface area contributed by atoms with E-state index in [0.717, 1.165) is 23.1 Å². The van der Waals surface area contributed by atoms with Crippen LogP contribution < -0.4 is 0 Å². The second-order valence-corrected chi connectivity index (χ2v) is 21.1. The summed E-state index contributed by atoms with van der Waals surface area (Å²) >= 11 is 7.30. The number of hydrogen-bond donors (Lipinski definition) is 6. The standard InChI is InChI=1S/C27H40O3.C22H29ClO5/c1-17(6-13-25(29)20-8-9-20)23-11-12-24-19(5-4-14-27(23,24)3)7-10-21-15-22(28)16-26(30)18(21)2;1-12-8-16-15-5-4-13-9-14(25)6-7-19(13,2)21(15,23)17(26)10-20(16,3)22(12,28)18(27)11-24/h6-7,10,13,17,20,22-26,28-30H,2,4-5,8-9,11-12,14-16H2,1,3H3;6-7,9,12,15-17,24,26,28H,4-5,8,10-11H2,1-3H3/b13-6+,19-7+,21-10-;/t17-,22-,23-,24+,25-,26+,27-;12-,15-,16-,17-,19-,20-,21-,22-/m10/s1. The number of hydrogen-bond acceptors (Lipinski definition) is 8. The van der Waals surface area contributed by atoms with Gasteiger partial charge >= 0.3 is 0 Å². The summed E-state index contributed by atoms with van der Waals surface area (Å²) in [6, 6.07) is 0. The van der Waals surface area contributed by atoms with Crippen molar-refractivity contribution in [1.82, 2.24) is 0 Å². The molecule has 9 heteroatoms. The lowest BCUT2D eigenvalue weighted by molar-refractivity contribution is -0.179. The third-order valence-corrected chi connectivity index (χ3v) is 18.4. The van der Waals surface area contributed by atoms with Gasteiger partial charge in [-0.05, 0) is 147 Å². The van der Waals surface area contributed by atoms with Crippen LogP contribution in [0.1, 0.15) is 118 Å². The zero-order valence-electron chi connectivity index (χ0n) is 35.4. The highest BCUT2D eigenvalue weighted by molar-refractivity contribution is 6.26. The highest BCUT2D eigenvalue weighted by Gasteiger charge is 2.74. The van der Waals surface area contributed by atoms with Gasteiger partial charge in [0.1, 0.15) is 12.2 Å². The van der Waals surface area contributed by atoms with Crippen LogP contribution in [0.4, 0.5) is 0 Å². The molecule has 0 aromatic rings. The lowest BCUT2D eigenvalue weighted by atomic mass is 9.45. The number of carbonyl (C=O) groups excluding carboxylic acids is 2. The van der Waals surface area contributed by atoms with Gasteiger partial charge in [-0.3, -0.25) is 9.59 Å². The topological polar surface area (TPSA) is 156 Å². The first-order chi connectivity index (χ1) is 27.3. The van der Waals surface area contributed by atoms with Gasteiger partial charge in [-0.25, -0.2) is 0 Å². The first-order valence-corrected chi connectivity index (χ1v) is 22.6. The molecule has 7 saturated carbocycles. The van der Waals surface area contributed by atoms with Crippen molar-refractivity contribution in [2.24, 2.45) is 57.7 Å². The van der Waals surface area contributed by atoms with Crippen LogP contribution in [-0.2, 0) is 9.59 Å². The molecule has 0 aromatic heterocycles. The van der Waals surface area contributed by atoms with E-state index in [2.05, 4.69) is 44.7 Å². The molecule has 0 radical (unpaired) electrons. The molecule has 0 saturated heterocycles. The van der Waals surface area contributed by atoms with Crippen molar-refractivity contribution in [3.63, 3.8) is 0 Å². The van der Waals surface area contributed by atoms with Crippen LogP contribution in [0.25, 0.3) is 0 Å². The van der Waals surface area contributed by atoms with Gasteiger partial charge in [0.05, 0.1) is 29.3 Å². The highest BCUT2D eigenvalue weighted by atomic mass is 35.5. The lowest BCUT2D eigenvalue weighted by Gasteiger charge is -2.63. The molecule has 8 aliphatic carbocycles. The molecule has 0 heterocycles. The average molecular weight is 822 g/mol. The molecule has 0 unspecified atom stereocenters. The second-order valence-electron chi connectivity index (χ2n) is 20.5. The summed E-state index contributed by atoms with van der Waals surface area (Å²) in [5.41, 5.74) is 1.38. The Labute approximate surface area is 350 Å². The van der Waals surface area contributed by atoms with Crippen molar-refractivity contribution in [2.45, 2.75) is 153 Å². The molecule has 0 aromatic carbocycles. The minimum atomic E-state index is -1.68. The Morgan fingerprint density at radius 3 is 2.43 bits per heavy atom. The van der Waals surface area contributed by atoms with Crippen molar-refractivity contribution < 1.29 is 40.2 Å². The normalized spacial score (nSPS) is 47.1. The van der Waals surface area contributed by atoms with E-state index in [1.807, 2.05) is 26.8 Å². The van der Waals surface area contributed by atoms with Gasteiger partial charge in [-0.2, -0.15) is 0 Å². The molecule has 0 aliphatic heterocycles. The minimum Gasteiger partial charge on any atom is -0.393 e. The first-order valence-electron chi connectivity index (χ1n) is 22.2. The molecule has 0 spiro atoms. The number of aliphatic hydroxyl groups is 6. The predicted molar refractivity (Wildman–Crippen MR) is 226 cm³/mol. The van der Waals surface area contributed by atoms with Gasteiger partial charge in [0.25, 0.3) is 0 Å². The Bertz CT molecular complexity index is 1810. The summed E-state index contributed by atoms with van der Waals surface area (Å²) in [5.74, 6) is 1.13. The number of rotatable bonds is 7. The van der Waals surface area contributed by atoms with Crippen molar-refractivity contribution in [2.75, 3.05) is 6.61 Å². The molecule has 0 bridgehead atoms. The van der Waals surface area contributed by atoms with Crippen LogP contribution in [0, 0.1) is 57.7 Å². The third-order valence-electron chi connectivity index (χ3n) is 17.4. The van der Waals surface area contributed by atoms with E-state index in [9.17, 15) is 40.2 Å². The molecule has 8 aliphatic rings. The summed E-state index contributed by atoms with van der Waals surface area (Å²) in [6.45, 7) is 13.9. The SMILES string of the molecule is C=C1/C(=C\C=C2/CCC[C@]3(C)[C@@H]([C@H](C)/C=C/[C@@H](O)C4CC4)CC[C@@H]23)C[C@@H](O)C[C@@H]1O.C[C@H]1C[C@H]2[C@@H]3CCC4=CC(=O)C=C[C@]4(C)[C@@]3(Cl)[C@@H](O)C[C@]2(C)[C@@]1(O)C(=O)CO. The number of allylic oxidation sites excluding steroid dienone is 8. The van der Waals surface area contributed by atoms with E-state index in [0.29, 0.717) is 61.2 Å². The zero-order valence-corrected chi connectivity index (χ0v) is 36.1. The van der Waals surface area contributed by atoms with Crippen LogP contribution in [0.5, 0.6) is 0 Å². The van der Waals surface area contributed by atoms with Gasteiger partial charge in [-0.1, -0.05) is 82.7 Å². The van der Waals surface area contributed by atoms with Crippen molar-refractivity contribution in [3.05, 3.63) is 71.4 Å². The number of ketones is 2. The fraction of sp³-hybridized carbons (Fsp3) is 0.714. The number of carbonyl (C=O) groups is 2. The van der Waals surface area contributed by atoms with E-state index in [-0.39, 0.29) is 36.1 Å². The largest absolute Gasteiger partial charge is 0.393 e. The predicted octanol–water partition coefficient (Wildman–Crippen LogP) is 7.26. The smallest absolute Gasteiger partial charge is 0.190 e. The lowest BCUT2D eigenvalue weighted by Crippen LogP contribution is -2.69. The number of fused-ring (bicyclic) bond motifs is 6. The average Bonchev–Trinajstić information content (AvgIpc) is 3.94. The Hall–Kier alpha value is -2.17. The number of Topliss-reactive ketones (excluding diaryl/α,β-unsaturated/α-hetero) is 1. The van der Waals surface area contributed by atoms with Crippen LogP contribution in [0.2, 0.25) is 0 Å². The zero-order chi connectivity index (χ0) is 42.2. The second kappa shape index (κ2) is 15.9. The first kappa shape index (κ1) is 43.9. The molecule has 8 rings (SSSR count). The van der Waals surface area contributed by atoms with E-state index >= 15 is 0 Å². The number of alkyl halides is 1. The molecule has 0 amide bonds. The molecule has 7 fully saturated rings. The summed E-state index contributed by atoms with van der Waals surface area (Å²) in [6.07, 6.45) is 23.1. The van der Waals surface area contributed by atoms with Crippen molar-refractivity contribution >= 4 is 23.2 Å². The van der Waals surface area contributed by atoms with E-state index < -0.39 is 52.0 Å². The molecular weight excluding hydrogens is 752 g/mol. The molecule has 8 nitrogen and oxygen atoms in total. The third kappa shape index (κ3) is 6.97. The maximum Gasteiger partial charge on any atom is 0.190 e. The van der Waals surface area contributed by atoms with Crippen molar-refractivity contribution in [1.29, 1.82) is 0 Å². The number of halogens is 1. The fourth-order valence-electron chi connectivity index (χ4n) is 13.9. The Morgan fingerprint density at radius 1 is 1.02 bits per heavy atom. The van der Waals surface area contributed by atoms with Gasteiger partial charge in [-0.15, -0.1) is 11.6 Å². The Morgan fingerprint density at radius 2 is 1.74 bits per heavy atom. The molecule has 15 atom stereocenters. The molecular formula is C49H69ClO8. The fourth-order valence-corrected chi connectivity index (χ4v) is 14.4. The van der Waals surface area contributed by atoms with Crippen LogP contribution in [0.15, 0.2) is 71.4 Å².